The van der Waals surface area contributed by atoms with E-state index >= 15 is 0 Å². The van der Waals surface area contributed by atoms with Crippen LogP contribution in [0.2, 0.25) is 0 Å². The van der Waals surface area contributed by atoms with Crippen molar-refractivity contribution in [1.82, 2.24) is 10.6 Å². The average Bonchev–Trinajstić information content (AvgIpc) is 2.95. The van der Waals surface area contributed by atoms with E-state index in [4.69, 9.17) is 4.42 Å². The van der Waals surface area contributed by atoms with Crippen LogP contribution in [0.4, 0.5) is 0 Å². The first-order chi connectivity index (χ1) is 10.3. The number of nitrogens with one attached hydrogen (secondary N) is 2. The summed E-state index contributed by atoms with van der Waals surface area (Å²) in [6.07, 6.45) is 1.63. The van der Waals surface area contributed by atoms with Crippen molar-refractivity contribution in [3.63, 3.8) is 0 Å². The van der Waals surface area contributed by atoms with Crippen LogP contribution < -0.4 is 10.6 Å². The topological polar surface area (TPSA) is 91.6 Å². The Kier molecular flexibility index (Phi) is 7.11. The summed E-state index contributed by atoms with van der Waals surface area (Å²) in [4.78, 5) is 24.3. The normalized spacial score (nSPS) is 15.2. The van der Waals surface area contributed by atoms with Crippen molar-refractivity contribution in [1.29, 1.82) is 0 Å². The van der Waals surface area contributed by atoms with E-state index in [-0.39, 0.29) is 23.5 Å². The molecule has 22 heavy (non-hydrogen) atoms. The first-order valence-electron chi connectivity index (χ1n) is 7.61. The van der Waals surface area contributed by atoms with Crippen LogP contribution in [0.15, 0.2) is 22.8 Å². The lowest BCUT2D eigenvalue weighted by Crippen LogP contribution is -2.50. The zero-order valence-electron chi connectivity index (χ0n) is 13.6. The van der Waals surface area contributed by atoms with E-state index in [2.05, 4.69) is 10.6 Å². The molecule has 1 aromatic rings. The van der Waals surface area contributed by atoms with Gasteiger partial charge in [0.1, 0.15) is 6.04 Å². The zero-order valence-corrected chi connectivity index (χ0v) is 13.6. The smallest absolute Gasteiger partial charge is 0.287 e. The molecule has 6 nitrogen and oxygen atoms in total. The second kappa shape index (κ2) is 8.58. The zero-order chi connectivity index (χ0) is 16.7. The summed E-state index contributed by atoms with van der Waals surface area (Å²) >= 11 is 0. The molecule has 0 bridgehead atoms. The van der Waals surface area contributed by atoms with Crippen LogP contribution in [0.5, 0.6) is 0 Å². The Hall–Kier alpha value is -1.82. The molecule has 3 unspecified atom stereocenters. The van der Waals surface area contributed by atoms with Crippen LogP contribution >= 0.6 is 0 Å². The van der Waals surface area contributed by atoms with Crippen molar-refractivity contribution in [2.45, 2.75) is 46.3 Å². The molecule has 124 valence electrons. The fourth-order valence-corrected chi connectivity index (χ4v) is 2.21. The highest BCUT2D eigenvalue weighted by Crippen LogP contribution is 2.07. The molecule has 1 rings (SSSR count). The van der Waals surface area contributed by atoms with Crippen LogP contribution in [0.3, 0.4) is 0 Å². The largest absolute Gasteiger partial charge is 0.459 e. The molecule has 2 amide bonds. The third-order valence-electron chi connectivity index (χ3n) is 3.35. The number of carbonyl (C=O) groups is 2. The van der Waals surface area contributed by atoms with E-state index in [1.165, 1.54) is 6.26 Å². The minimum atomic E-state index is -0.628. The van der Waals surface area contributed by atoms with E-state index in [1.807, 2.05) is 20.8 Å². The fourth-order valence-electron chi connectivity index (χ4n) is 2.21. The predicted molar refractivity (Wildman–Crippen MR) is 83.3 cm³/mol. The Balaban J connectivity index is 2.55. The molecule has 1 heterocycles. The molecule has 6 heteroatoms. The number of furan rings is 1. The molecule has 0 radical (unpaired) electrons. The van der Waals surface area contributed by atoms with E-state index in [0.29, 0.717) is 13.0 Å². The van der Waals surface area contributed by atoms with Crippen LogP contribution in [0, 0.1) is 11.8 Å². The van der Waals surface area contributed by atoms with Crippen molar-refractivity contribution in [3.8, 4) is 0 Å². The van der Waals surface area contributed by atoms with Gasteiger partial charge >= 0.3 is 0 Å². The number of carbonyl (C=O) groups excluding carboxylic acids is 2. The van der Waals surface area contributed by atoms with Gasteiger partial charge in [-0.3, -0.25) is 9.59 Å². The minimum Gasteiger partial charge on any atom is -0.459 e. The SMILES string of the molecule is CC(O)CC(C)CNC(=O)C(NC(=O)c1ccco1)C(C)C. The van der Waals surface area contributed by atoms with Gasteiger partial charge in [0.15, 0.2) is 5.76 Å². The Morgan fingerprint density at radius 3 is 2.45 bits per heavy atom. The van der Waals surface area contributed by atoms with Gasteiger partial charge in [-0.05, 0) is 37.3 Å². The van der Waals surface area contributed by atoms with Gasteiger partial charge in [0.25, 0.3) is 5.91 Å². The van der Waals surface area contributed by atoms with Gasteiger partial charge in [0, 0.05) is 6.54 Å². The maximum absolute atomic E-state index is 12.3. The third kappa shape index (κ3) is 5.89. The van der Waals surface area contributed by atoms with Gasteiger partial charge in [-0.25, -0.2) is 0 Å². The predicted octanol–water partition coefficient (Wildman–Crippen LogP) is 1.56. The molecule has 0 aliphatic heterocycles. The standard InChI is InChI=1S/C16H26N2O4/c1-10(2)14(18-15(20)13-6-5-7-22-13)16(21)17-9-11(3)8-12(4)19/h5-7,10-12,14,19H,8-9H2,1-4H3,(H,17,21)(H,18,20). The van der Waals surface area contributed by atoms with E-state index in [1.54, 1.807) is 19.1 Å². The summed E-state index contributed by atoms with van der Waals surface area (Å²) in [6, 6.07) is 2.54. The Morgan fingerprint density at radius 2 is 1.95 bits per heavy atom. The summed E-state index contributed by atoms with van der Waals surface area (Å²) in [5.74, 6) is -0.340. The summed E-state index contributed by atoms with van der Waals surface area (Å²) in [7, 11) is 0. The number of aliphatic hydroxyl groups excluding tert-OH is 1. The number of rotatable bonds is 8. The fraction of sp³-hybridized carbons (Fsp3) is 0.625. The van der Waals surface area contributed by atoms with Gasteiger partial charge < -0.3 is 20.2 Å². The van der Waals surface area contributed by atoms with Crippen LogP contribution in [-0.4, -0.2) is 35.6 Å². The van der Waals surface area contributed by atoms with Crippen molar-refractivity contribution in [2.75, 3.05) is 6.54 Å². The molecular formula is C16H26N2O4. The first kappa shape index (κ1) is 18.2. The second-order valence-electron chi connectivity index (χ2n) is 6.11. The molecule has 3 N–H and O–H groups in total. The second-order valence-corrected chi connectivity index (χ2v) is 6.11. The number of amides is 2. The van der Waals surface area contributed by atoms with Gasteiger partial charge in [0.2, 0.25) is 5.91 Å². The highest BCUT2D eigenvalue weighted by Gasteiger charge is 2.25. The van der Waals surface area contributed by atoms with Crippen molar-refractivity contribution in [3.05, 3.63) is 24.2 Å². The molecule has 0 aliphatic carbocycles. The summed E-state index contributed by atoms with van der Waals surface area (Å²) in [5, 5.41) is 14.8. The lowest BCUT2D eigenvalue weighted by atomic mass is 10.0. The van der Waals surface area contributed by atoms with Crippen LogP contribution in [0.1, 0.15) is 44.7 Å². The number of hydrogen-bond acceptors (Lipinski definition) is 4. The molecule has 0 spiro atoms. The molecular weight excluding hydrogens is 284 g/mol. The van der Waals surface area contributed by atoms with Crippen molar-refractivity contribution < 1.29 is 19.1 Å². The third-order valence-corrected chi connectivity index (χ3v) is 3.35. The molecule has 0 aromatic carbocycles. The van der Waals surface area contributed by atoms with Gasteiger partial charge in [0.05, 0.1) is 12.4 Å². The van der Waals surface area contributed by atoms with E-state index < -0.39 is 18.1 Å². The van der Waals surface area contributed by atoms with Crippen molar-refractivity contribution in [2.24, 2.45) is 11.8 Å². The Bertz CT molecular complexity index is 469. The van der Waals surface area contributed by atoms with Gasteiger partial charge in [-0.2, -0.15) is 0 Å². The van der Waals surface area contributed by atoms with Crippen molar-refractivity contribution >= 4 is 11.8 Å². The minimum absolute atomic E-state index is 0.0500. The highest BCUT2D eigenvalue weighted by atomic mass is 16.3. The maximum Gasteiger partial charge on any atom is 0.287 e. The molecule has 0 saturated carbocycles. The van der Waals surface area contributed by atoms with Gasteiger partial charge in [-0.15, -0.1) is 0 Å². The number of aliphatic hydroxyl groups is 1. The lowest BCUT2D eigenvalue weighted by Gasteiger charge is -2.22. The maximum atomic E-state index is 12.3. The molecule has 0 fully saturated rings. The van der Waals surface area contributed by atoms with Crippen LogP contribution in [0.25, 0.3) is 0 Å². The van der Waals surface area contributed by atoms with Crippen LogP contribution in [-0.2, 0) is 4.79 Å². The molecule has 3 atom stereocenters. The number of hydrogen-bond donors (Lipinski definition) is 3. The molecule has 0 saturated heterocycles. The van der Waals surface area contributed by atoms with E-state index in [9.17, 15) is 14.7 Å². The average molecular weight is 310 g/mol. The Labute approximate surface area is 131 Å². The summed E-state index contributed by atoms with van der Waals surface area (Å²) in [5.41, 5.74) is 0. The summed E-state index contributed by atoms with van der Waals surface area (Å²) < 4.78 is 5.03. The molecule has 0 aliphatic rings. The highest BCUT2D eigenvalue weighted by molar-refractivity contribution is 5.95. The summed E-state index contributed by atoms with van der Waals surface area (Å²) in [6.45, 7) is 7.87. The first-order valence-corrected chi connectivity index (χ1v) is 7.61. The van der Waals surface area contributed by atoms with Gasteiger partial charge in [-0.1, -0.05) is 20.8 Å². The monoisotopic (exact) mass is 310 g/mol. The lowest BCUT2D eigenvalue weighted by molar-refractivity contribution is -0.124. The Morgan fingerprint density at radius 1 is 1.27 bits per heavy atom. The van der Waals surface area contributed by atoms with E-state index in [0.717, 1.165) is 0 Å². The molecule has 1 aromatic heterocycles. The quantitative estimate of drug-likeness (QED) is 0.679.